The van der Waals surface area contributed by atoms with Gasteiger partial charge in [0, 0.05) is 26.5 Å². The number of nitrogens with one attached hydrogen (secondary N) is 1. The Labute approximate surface area is 138 Å². The van der Waals surface area contributed by atoms with Gasteiger partial charge in [-0.05, 0) is 65.1 Å². The lowest BCUT2D eigenvalue weighted by Gasteiger charge is -2.12. The van der Waals surface area contributed by atoms with Gasteiger partial charge < -0.3 is 5.32 Å². The van der Waals surface area contributed by atoms with Gasteiger partial charge in [0.1, 0.15) is 0 Å². The number of nitrogens with zero attached hydrogens (tertiary/aromatic N) is 1. The highest BCUT2D eigenvalue weighted by Crippen LogP contribution is 2.33. The van der Waals surface area contributed by atoms with Crippen LogP contribution in [0.4, 0.5) is 24.5 Å². The third-order valence-electron chi connectivity index (χ3n) is 3.17. The summed E-state index contributed by atoms with van der Waals surface area (Å²) in [5.74, 6) is 0. The molecule has 0 aliphatic heterocycles. The lowest BCUT2D eigenvalue weighted by atomic mass is 10.1. The summed E-state index contributed by atoms with van der Waals surface area (Å²) in [6.07, 6.45) is -2.80. The monoisotopic (exact) mass is 414 g/mol. The van der Waals surface area contributed by atoms with E-state index in [-0.39, 0.29) is 0 Å². The van der Waals surface area contributed by atoms with E-state index in [9.17, 15) is 13.2 Å². The quantitative estimate of drug-likeness (QED) is 0.553. The molecule has 0 radical (unpaired) electrons. The lowest BCUT2D eigenvalue weighted by molar-refractivity contribution is -0.137. The summed E-state index contributed by atoms with van der Waals surface area (Å²) in [5.41, 5.74) is 1.25. The highest BCUT2D eigenvalue weighted by atomic mass is 127. The second-order valence-electron chi connectivity index (χ2n) is 4.72. The number of benzene rings is 2. The van der Waals surface area contributed by atoms with Crippen molar-refractivity contribution in [2.45, 2.75) is 6.18 Å². The van der Waals surface area contributed by atoms with Crippen molar-refractivity contribution in [3.8, 4) is 0 Å². The zero-order valence-corrected chi connectivity index (χ0v) is 13.3. The van der Waals surface area contributed by atoms with Gasteiger partial charge >= 0.3 is 6.18 Å². The molecule has 2 aromatic carbocycles. The molecular formula is C16H10F3IN2. The first-order chi connectivity index (χ1) is 10.4. The minimum atomic E-state index is -4.37. The summed E-state index contributed by atoms with van der Waals surface area (Å²) >= 11 is 2.18. The van der Waals surface area contributed by atoms with Gasteiger partial charge in [-0.1, -0.05) is 6.07 Å². The van der Waals surface area contributed by atoms with Gasteiger partial charge in [-0.25, -0.2) is 0 Å². The van der Waals surface area contributed by atoms with Crippen molar-refractivity contribution in [1.82, 2.24) is 4.98 Å². The third kappa shape index (κ3) is 3.16. The minimum Gasteiger partial charge on any atom is -0.355 e. The van der Waals surface area contributed by atoms with Crippen LogP contribution in [-0.4, -0.2) is 4.98 Å². The number of rotatable bonds is 2. The van der Waals surface area contributed by atoms with Crippen LogP contribution in [0.25, 0.3) is 10.9 Å². The van der Waals surface area contributed by atoms with E-state index < -0.39 is 11.7 Å². The number of aromatic nitrogens is 1. The first-order valence-electron chi connectivity index (χ1n) is 6.42. The Morgan fingerprint density at radius 2 is 1.82 bits per heavy atom. The van der Waals surface area contributed by atoms with E-state index in [1.165, 1.54) is 6.07 Å². The molecule has 0 unspecified atom stereocenters. The molecule has 112 valence electrons. The van der Waals surface area contributed by atoms with Gasteiger partial charge in [-0.3, -0.25) is 4.98 Å². The summed E-state index contributed by atoms with van der Waals surface area (Å²) in [6, 6.07) is 12.8. The van der Waals surface area contributed by atoms with Crippen molar-refractivity contribution in [1.29, 1.82) is 0 Å². The predicted octanol–water partition coefficient (Wildman–Crippen LogP) is 5.60. The van der Waals surface area contributed by atoms with Crippen molar-refractivity contribution in [3.63, 3.8) is 0 Å². The van der Waals surface area contributed by atoms with Crippen LogP contribution in [0.15, 0.2) is 54.7 Å². The molecule has 22 heavy (non-hydrogen) atoms. The van der Waals surface area contributed by atoms with Crippen LogP contribution < -0.4 is 5.32 Å². The molecule has 3 aromatic rings. The van der Waals surface area contributed by atoms with Crippen molar-refractivity contribution in [3.05, 3.63) is 63.9 Å². The predicted molar refractivity (Wildman–Crippen MR) is 89.2 cm³/mol. The van der Waals surface area contributed by atoms with E-state index >= 15 is 0 Å². The smallest absolute Gasteiger partial charge is 0.355 e. The third-order valence-corrected chi connectivity index (χ3v) is 3.84. The number of alkyl halides is 3. The lowest BCUT2D eigenvalue weighted by Crippen LogP contribution is -2.05. The van der Waals surface area contributed by atoms with Crippen LogP contribution in [0.2, 0.25) is 0 Å². The zero-order valence-electron chi connectivity index (χ0n) is 11.2. The Morgan fingerprint density at radius 3 is 2.55 bits per heavy atom. The topological polar surface area (TPSA) is 24.9 Å². The van der Waals surface area contributed by atoms with Gasteiger partial charge in [0.2, 0.25) is 0 Å². The van der Waals surface area contributed by atoms with Gasteiger partial charge in [0.25, 0.3) is 0 Å². The Hall–Kier alpha value is -1.83. The molecule has 0 spiro atoms. The molecule has 0 atom stereocenters. The number of fused-ring (bicyclic) bond motifs is 1. The van der Waals surface area contributed by atoms with E-state index in [0.29, 0.717) is 16.6 Å². The van der Waals surface area contributed by atoms with Crippen LogP contribution in [0.1, 0.15) is 5.56 Å². The number of hydrogen-bond donors (Lipinski definition) is 1. The summed E-state index contributed by atoms with van der Waals surface area (Å²) in [7, 11) is 0. The molecule has 3 rings (SSSR count). The van der Waals surface area contributed by atoms with Crippen molar-refractivity contribution < 1.29 is 13.2 Å². The molecule has 0 saturated carbocycles. The highest BCUT2D eigenvalue weighted by Gasteiger charge is 2.30. The maximum atomic E-state index is 12.9. The fourth-order valence-electron chi connectivity index (χ4n) is 2.15. The molecule has 2 nitrogen and oxygen atoms in total. The highest BCUT2D eigenvalue weighted by molar-refractivity contribution is 14.1. The molecule has 6 heteroatoms. The molecule has 1 heterocycles. The second kappa shape index (κ2) is 5.75. The van der Waals surface area contributed by atoms with Gasteiger partial charge in [-0.2, -0.15) is 13.2 Å². The summed E-state index contributed by atoms with van der Waals surface area (Å²) in [6.45, 7) is 0. The molecule has 0 aliphatic rings. The number of pyridine rings is 1. The number of halogens is 4. The van der Waals surface area contributed by atoms with E-state index in [4.69, 9.17) is 0 Å². The van der Waals surface area contributed by atoms with E-state index in [1.54, 1.807) is 12.3 Å². The van der Waals surface area contributed by atoms with Gasteiger partial charge in [0.05, 0.1) is 11.1 Å². The number of hydrogen-bond acceptors (Lipinski definition) is 2. The van der Waals surface area contributed by atoms with E-state index in [1.807, 2.05) is 24.3 Å². The maximum absolute atomic E-state index is 12.9. The van der Waals surface area contributed by atoms with Crippen molar-refractivity contribution >= 4 is 44.9 Å². The van der Waals surface area contributed by atoms with E-state index in [0.717, 1.165) is 21.4 Å². The fourth-order valence-corrected chi connectivity index (χ4v) is 2.70. The Bertz CT molecular complexity index is 831. The maximum Gasteiger partial charge on any atom is 0.416 e. The average molecular weight is 414 g/mol. The average Bonchev–Trinajstić information content (AvgIpc) is 2.46. The summed E-state index contributed by atoms with van der Waals surface area (Å²) < 4.78 is 39.7. The van der Waals surface area contributed by atoms with Crippen LogP contribution in [-0.2, 0) is 6.18 Å². The number of anilines is 2. The van der Waals surface area contributed by atoms with Crippen molar-refractivity contribution in [2.75, 3.05) is 5.32 Å². The normalized spacial score (nSPS) is 11.6. The van der Waals surface area contributed by atoms with Crippen molar-refractivity contribution in [2.24, 2.45) is 0 Å². The Kier molecular flexibility index (Phi) is 3.94. The second-order valence-corrected chi connectivity index (χ2v) is 5.97. The molecule has 1 aromatic heterocycles. The molecule has 0 aliphatic carbocycles. The van der Waals surface area contributed by atoms with Gasteiger partial charge in [0.15, 0.2) is 0 Å². The fraction of sp³-hybridized carbons (Fsp3) is 0.0625. The first kappa shape index (κ1) is 15.1. The molecule has 0 amide bonds. The van der Waals surface area contributed by atoms with Crippen LogP contribution >= 0.6 is 22.6 Å². The largest absolute Gasteiger partial charge is 0.416 e. The SMILES string of the molecule is FC(F)(F)c1ccc2nccc(Nc3cccc(I)c3)c2c1. The molecule has 0 bridgehead atoms. The van der Waals surface area contributed by atoms with Crippen LogP contribution in [0.3, 0.4) is 0 Å². The Morgan fingerprint density at radius 1 is 1.00 bits per heavy atom. The van der Waals surface area contributed by atoms with Crippen LogP contribution in [0, 0.1) is 3.57 Å². The molecule has 0 fully saturated rings. The molecular weight excluding hydrogens is 404 g/mol. The molecule has 0 saturated heterocycles. The zero-order chi connectivity index (χ0) is 15.7. The van der Waals surface area contributed by atoms with Gasteiger partial charge in [-0.15, -0.1) is 0 Å². The Balaban J connectivity index is 2.09. The summed E-state index contributed by atoms with van der Waals surface area (Å²) in [5, 5.41) is 3.60. The van der Waals surface area contributed by atoms with E-state index in [2.05, 4.69) is 32.9 Å². The standard InChI is InChI=1S/C16H10F3IN2/c17-16(18,19)10-4-5-14-13(8-10)15(6-7-21-14)22-12-3-1-2-11(20)9-12/h1-9H,(H,21,22). The molecule has 1 N–H and O–H groups in total. The minimum absolute atomic E-state index is 0.441. The summed E-state index contributed by atoms with van der Waals surface area (Å²) in [4.78, 5) is 4.12. The van der Waals surface area contributed by atoms with Crippen LogP contribution in [0.5, 0.6) is 0 Å². The first-order valence-corrected chi connectivity index (χ1v) is 7.50.